The Morgan fingerprint density at radius 3 is 2.67 bits per heavy atom. The minimum Gasteiger partial charge on any atom is -0.309 e. The first-order chi connectivity index (χ1) is 10.3. The van der Waals surface area contributed by atoms with Crippen LogP contribution in [0, 0.1) is 0 Å². The molecule has 108 valence electrons. The van der Waals surface area contributed by atoms with Crippen molar-refractivity contribution in [3.63, 3.8) is 0 Å². The van der Waals surface area contributed by atoms with Crippen molar-refractivity contribution in [1.29, 1.82) is 0 Å². The second kappa shape index (κ2) is 6.53. The molecule has 0 saturated heterocycles. The predicted molar refractivity (Wildman–Crippen MR) is 98.7 cm³/mol. The van der Waals surface area contributed by atoms with E-state index in [1.165, 1.54) is 30.6 Å². The van der Waals surface area contributed by atoms with E-state index in [0.29, 0.717) is 0 Å². The number of thiophene rings is 1. The van der Waals surface area contributed by atoms with Gasteiger partial charge in [-0.25, -0.2) is 0 Å². The highest BCUT2D eigenvalue weighted by molar-refractivity contribution is 9.10. The van der Waals surface area contributed by atoms with Crippen LogP contribution in [0.25, 0.3) is 10.1 Å². The Labute approximate surface area is 141 Å². The standard InChI is InChI=1S/C17H16BrNS2/c1-19-16(12-6-3-4-9-15(12)20-2)13-10-21-17-11(13)7-5-8-14(17)18/h3-10,16,19H,1-2H3. The molecule has 1 atom stereocenters. The van der Waals surface area contributed by atoms with Gasteiger partial charge in [-0.05, 0) is 63.3 Å². The molecule has 0 aliphatic heterocycles. The summed E-state index contributed by atoms with van der Waals surface area (Å²) >= 11 is 7.25. The van der Waals surface area contributed by atoms with Crippen LogP contribution in [0.2, 0.25) is 0 Å². The molecule has 1 nitrogen and oxygen atoms in total. The lowest BCUT2D eigenvalue weighted by molar-refractivity contribution is 0.687. The molecule has 1 unspecified atom stereocenters. The molecule has 0 aliphatic carbocycles. The summed E-state index contributed by atoms with van der Waals surface area (Å²) in [6.07, 6.45) is 2.13. The summed E-state index contributed by atoms with van der Waals surface area (Å²) in [4.78, 5) is 1.33. The highest BCUT2D eigenvalue weighted by atomic mass is 79.9. The third-order valence-electron chi connectivity index (χ3n) is 3.63. The van der Waals surface area contributed by atoms with Crippen molar-refractivity contribution in [2.24, 2.45) is 0 Å². The Hall–Kier alpha value is -0.810. The topological polar surface area (TPSA) is 12.0 Å². The number of fused-ring (bicyclic) bond motifs is 1. The fourth-order valence-corrected chi connectivity index (χ4v) is 4.93. The first kappa shape index (κ1) is 15.1. The van der Waals surface area contributed by atoms with Crippen LogP contribution in [0.15, 0.2) is 57.2 Å². The van der Waals surface area contributed by atoms with Crippen LogP contribution in [-0.2, 0) is 0 Å². The average molecular weight is 378 g/mol. The lowest BCUT2D eigenvalue weighted by Crippen LogP contribution is -2.18. The maximum atomic E-state index is 3.65. The summed E-state index contributed by atoms with van der Waals surface area (Å²) in [5, 5.41) is 7.08. The number of rotatable bonds is 4. The van der Waals surface area contributed by atoms with Crippen LogP contribution < -0.4 is 5.32 Å². The Balaban J connectivity index is 2.17. The van der Waals surface area contributed by atoms with E-state index in [9.17, 15) is 0 Å². The molecule has 0 saturated carbocycles. The molecular weight excluding hydrogens is 362 g/mol. The van der Waals surface area contributed by atoms with Crippen LogP contribution in [0.5, 0.6) is 0 Å². The number of nitrogens with one attached hydrogen (secondary N) is 1. The molecule has 1 N–H and O–H groups in total. The zero-order valence-corrected chi connectivity index (χ0v) is 15.1. The van der Waals surface area contributed by atoms with Crippen LogP contribution >= 0.6 is 39.0 Å². The summed E-state index contributed by atoms with van der Waals surface area (Å²) in [5.41, 5.74) is 2.69. The van der Waals surface area contributed by atoms with Gasteiger partial charge in [-0.15, -0.1) is 23.1 Å². The molecule has 0 radical (unpaired) electrons. The SMILES string of the molecule is CNC(c1ccccc1SC)c1csc2c(Br)cccc12. The molecule has 1 heterocycles. The van der Waals surface area contributed by atoms with Crippen molar-refractivity contribution < 1.29 is 0 Å². The quantitative estimate of drug-likeness (QED) is 0.585. The first-order valence-corrected chi connectivity index (χ1v) is 9.61. The largest absolute Gasteiger partial charge is 0.309 e. The predicted octanol–water partition coefficient (Wildman–Crippen LogP) is 5.69. The van der Waals surface area contributed by atoms with Gasteiger partial charge >= 0.3 is 0 Å². The van der Waals surface area contributed by atoms with Crippen molar-refractivity contribution in [1.82, 2.24) is 5.32 Å². The Bertz CT molecular complexity index is 766. The summed E-state index contributed by atoms with van der Waals surface area (Å²) in [5.74, 6) is 0. The minimum absolute atomic E-state index is 0.219. The number of thioether (sulfide) groups is 1. The number of benzene rings is 2. The molecule has 0 aliphatic rings. The first-order valence-electron chi connectivity index (χ1n) is 6.72. The molecule has 0 spiro atoms. The van der Waals surface area contributed by atoms with E-state index < -0.39 is 0 Å². The van der Waals surface area contributed by atoms with Gasteiger partial charge in [-0.1, -0.05) is 30.3 Å². The summed E-state index contributed by atoms with van der Waals surface area (Å²) in [6, 6.07) is 15.3. The molecule has 2 aromatic carbocycles. The molecule has 1 aromatic heterocycles. The average Bonchev–Trinajstić information content (AvgIpc) is 2.94. The van der Waals surface area contributed by atoms with Crippen molar-refractivity contribution in [3.05, 3.63) is 63.4 Å². The van der Waals surface area contributed by atoms with Crippen molar-refractivity contribution >= 4 is 49.1 Å². The Kier molecular flexibility index (Phi) is 4.69. The second-order valence-electron chi connectivity index (χ2n) is 4.77. The third kappa shape index (κ3) is 2.78. The minimum atomic E-state index is 0.219. The molecule has 3 rings (SSSR count). The van der Waals surface area contributed by atoms with Crippen molar-refractivity contribution in [2.45, 2.75) is 10.9 Å². The molecule has 0 amide bonds. The molecule has 21 heavy (non-hydrogen) atoms. The van der Waals surface area contributed by atoms with Gasteiger partial charge in [0.15, 0.2) is 0 Å². The lowest BCUT2D eigenvalue weighted by Gasteiger charge is -2.19. The zero-order chi connectivity index (χ0) is 14.8. The van der Waals surface area contributed by atoms with Gasteiger partial charge in [0, 0.05) is 14.1 Å². The van der Waals surface area contributed by atoms with E-state index >= 15 is 0 Å². The van der Waals surface area contributed by atoms with Crippen LogP contribution in [-0.4, -0.2) is 13.3 Å². The van der Waals surface area contributed by atoms with Crippen LogP contribution in [0.4, 0.5) is 0 Å². The van der Waals surface area contributed by atoms with Gasteiger partial charge in [-0.2, -0.15) is 0 Å². The smallest absolute Gasteiger partial charge is 0.0599 e. The normalized spacial score (nSPS) is 12.7. The Morgan fingerprint density at radius 1 is 1.10 bits per heavy atom. The van der Waals surface area contributed by atoms with Crippen molar-refractivity contribution in [3.8, 4) is 0 Å². The monoisotopic (exact) mass is 377 g/mol. The van der Waals surface area contributed by atoms with E-state index in [-0.39, 0.29) is 6.04 Å². The lowest BCUT2D eigenvalue weighted by atomic mass is 9.98. The molecule has 0 fully saturated rings. The van der Waals surface area contributed by atoms with Crippen molar-refractivity contribution in [2.75, 3.05) is 13.3 Å². The van der Waals surface area contributed by atoms with Gasteiger partial charge in [0.25, 0.3) is 0 Å². The highest BCUT2D eigenvalue weighted by Gasteiger charge is 2.19. The summed E-state index contributed by atoms with van der Waals surface area (Å²) < 4.78 is 2.48. The van der Waals surface area contributed by atoms with E-state index in [0.717, 1.165) is 0 Å². The maximum Gasteiger partial charge on any atom is 0.0599 e. The van der Waals surface area contributed by atoms with E-state index in [4.69, 9.17) is 0 Å². The zero-order valence-electron chi connectivity index (χ0n) is 11.9. The van der Waals surface area contributed by atoms with Gasteiger partial charge in [0.05, 0.1) is 6.04 Å². The molecule has 4 heteroatoms. The number of halogens is 1. The Morgan fingerprint density at radius 2 is 1.90 bits per heavy atom. The summed E-state index contributed by atoms with van der Waals surface area (Å²) in [7, 11) is 2.03. The van der Waals surface area contributed by atoms with Gasteiger partial charge in [0.2, 0.25) is 0 Å². The van der Waals surface area contributed by atoms with E-state index in [2.05, 4.69) is 75.3 Å². The van der Waals surface area contributed by atoms with E-state index in [1.54, 1.807) is 23.1 Å². The molecule has 0 bridgehead atoms. The number of hydrogen-bond acceptors (Lipinski definition) is 3. The van der Waals surface area contributed by atoms with Gasteiger partial charge < -0.3 is 5.32 Å². The van der Waals surface area contributed by atoms with Gasteiger partial charge in [0.1, 0.15) is 0 Å². The van der Waals surface area contributed by atoms with Gasteiger partial charge in [-0.3, -0.25) is 0 Å². The van der Waals surface area contributed by atoms with Crippen LogP contribution in [0.1, 0.15) is 17.2 Å². The maximum absolute atomic E-state index is 3.65. The van der Waals surface area contributed by atoms with E-state index in [1.807, 2.05) is 7.05 Å². The molecular formula is C17H16BrNS2. The number of hydrogen-bond donors (Lipinski definition) is 1. The molecule has 3 aromatic rings. The fourth-order valence-electron chi connectivity index (χ4n) is 2.65. The summed E-state index contributed by atoms with van der Waals surface area (Å²) in [6.45, 7) is 0. The fraction of sp³-hybridized carbons (Fsp3) is 0.176. The van der Waals surface area contributed by atoms with Crippen LogP contribution in [0.3, 0.4) is 0 Å². The highest BCUT2D eigenvalue weighted by Crippen LogP contribution is 2.39. The third-order valence-corrected chi connectivity index (χ3v) is 6.41. The second-order valence-corrected chi connectivity index (χ2v) is 7.35.